The molecule has 0 aliphatic heterocycles. The summed E-state index contributed by atoms with van der Waals surface area (Å²) in [5.74, 6) is 0.278. The van der Waals surface area contributed by atoms with Crippen molar-refractivity contribution in [1.29, 1.82) is 0 Å². The van der Waals surface area contributed by atoms with E-state index in [1.54, 1.807) is 12.1 Å². The summed E-state index contributed by atoms with van der Waals surface area (Å²) >= 11 is 9.35. The van der Waals surface area contributed by atoms with Gasteiger partial charge in [0.15, 0.2) is 0 Å². The molecular weight excluding hydrogens is 314 g/mol. The van der Waals surface area contributed by atoms with Gasteiger partial charge in [-0.15, -0.1) is 0 Å². The van der Waals surface area contributed by atoms with Crippen LogP contribution in [0.1, 0.15) is 18.5 Å². The minimum absolute atomic E-state index is 0.152. The Labute approximate surface area is 120 Å². The third kappa shape index (κ3) is 3.18. The molecule has 0 saturated heterocycles. The summed E-state index contributed by atoms with van der Waals surface area (Å²) in [4.78, 5) is 0. The molecule has 94 valence electrons. The molecule has 0 aliphatic carbocycles. The van der Waals surface area contributed by atoms with Crippen LogP contribution in [-0.2, 0) is 0 Å². The molecule has 2 rings (SSSR count). The van der Waals surface area contributed by atoms with Gasteiger partial charge < -0.3 is 10.4 Å². The van der Waals surface area contributed by atoms with Crippen LogP contribution in [0.4, 0.5) is 5.69 Å². The number of halogens is 2. The van der Waals surface area contributed by atoms with Gasteiger partial charge in [0, 0.05) is 16.2 Å². The highest BCUT2D eigenvalue weighted by atomic mass is 79.9. The number of benzene rings is 2. The second-order valence-corrected chi connectivity index (χ2v) is 5.35. The maximum absolute atomic E-state index is 9.25. The molecule has 1 unspecified atom stereocenters. The second-order valence-electron chi connectivity index (χ2n) is 4.09. The van der Waals surface area contributed by atoms with Gasteiger partial charge in [-0.05, 0) is 58.7 Å². The molecule has 0 bridgehead atoms. The number of rotatable bonds is 3. The largest absolute Gasteiger partial charge is 0.508 e. The average molecular weight is 327 g/mol. The van der Waals surface area contributed by atoms with E-state index in [1.807, 2.05) is 30.3 Å². The van der Waals surface area contributed by atoms with Crippen molar-refractivity contribution >= 4 is 33.2 Å². The topological polar surface area (TPSA) is 32.3 Å². The van der Waals surface area contributed by atoms with Crippen molar-refractivity contribution < 1.29 is 5.11 Å². The van der Waals surface area contributed by atoms with Gasteiger partial charge in [-0.1, -0.05) is 23.7 Å². The van der Waals surface area contributed by atoms with E-state index < -0.39 is 0 Å². The van der Waals surface area contributed by atoms with Gasteiger partial charge in [0.25, 0.3) is 0 Å². The van der Waals surface area contributed by atoms with Crippen molar-refractivity contribution in [2.24, 2.45) is 0 Å². The van der Waals surface area contributed by atoms with Gasteiger partial charge in [0.1, 0.15) is 5.75 Å². The maximum atomic E-state index is 9.25. The van der Waals surface area contributed by atoms with Crippen LogP contribution in [-0.4, -0.2) is 5.11 Å². The minimum atomic E-state index is 0.152. The quantitative estimate of drug-likeness (QED) is 0.833. The molecule has 4 heteroatoms. The molecule has 0 radical (unpaired) electrons. The lowest BCUT2D eigenvalue weighted by Gasteiger charge is -2.16. The average Bonchev–Trinajstić information content (AvgIpc) is 2.34. The van der Waals surface area contributed by atoms with Gasteiger partial charge in [-0.25, -0.2) is 0 Å². The molecule has 0 saturated carbocycles. The van der Waals surface area contributed by atoms with Crippen LogP contribution in [0, 0.1) is 0 Å². The predicted octanol–water partition coefficient (Wildman–Crippen LogP) is 4.98. The van der Waals surface area contributed by atoms with Crippen LogP contribution in [0.5, 0.6) is 5.75 Å². The van der Waals surface area contributed by atoms with Gasteiger partial charge in [0.05, 0.1) is 5.02 Å². The SMILES string of the molecule is CC(Nc1ccc(Cl)c(Br)c1)c1ccc(O)cc1. The van der Waals surface area contributed by atoms with E-state index in [0.717, 1.165) is 15.7 Å². The molecule has 2 aromatic rings. The standard InChI is InChI=1S/C14H13BrClNO/c1-9(10-2-5-12(18)6-3-10)17-11-4-7-14(16)13(15)8-11/h2-9,17-18H,1H3. The van der Waals surface area contributed by atoms with E-state index >= 15 is 0 Å². The number of phenolic OH excluding ortho intramolecular Hbond substituents is 1. The first-order valence-electron chi connectivity index (χ1n) is 5.57. The molecule has 0 heterocycles. The second kappa shape index (κ2) is 5.63. The lowest BCUT2D eigenvalue weighted by Crippen LogP contribution is -2.06. The van der Waals surface area contributed by atoms with Gasteiger partial charge >= 0.3 is 0 Å². The Hall–Kier alpha value is -1.19. The van der Waals surface area contributed by atoms with Crippen LogP contribution < -0.4 is 5.32 Å². The highest BCUT2D eigenvalue weighted by Gasteiger charge is 2.06. The Morgan fingerprint density at radius 1 is 1.17 bits per heavy atom. The van der Waals surface area contributed by atoms with E-state index in [0.29, 0.717) is 5.02 Å². The molecule has 0 aliphatic rings. The van der Waals surface area contributed by atoms with Crippen molar-refractivity contribution in [3.63, 3.8) is 0 Å². The number of phenols is 1. The maximum Gasteiger partial charge on any atom is 0.115 e. The number of nitrogens with one attached hydrogen (secondary N) is 1. The summed E-state index contributed by atoms with van der Waals surface area (Å²) in [5.41, 5.74) is 2.10. The van der Waals surface area contributed by atoms with Crippen molar-refractivity contribution in [2.75, 3.05) is 5.32 Å². The highest BCUT2D eigenvalue weighted by Crippen LogP contribution is 2.28. The van der Waals surface area contributed by atoms with Crippen molar-refractivity contribution in [3.05, 3.63) is 57.5 Å². The van der Waals surface area contributed by atoms with Gasteiger partial charge in [-0.3, -0.25) is 0 Å². The fraction of sp³-hybridized carbons (Fsp3) is 0.143. The third-order valence-electron chi connectivity index (χ3n) is 2.70. The van der Waals surface area contributed by atoms with Crippen LogP contribution >= 0.6 is 27.5 Å². The first-order valence-corrected chi connectivity index (χ1v) is 6.74. The third-order valence-corrected chi connectivity index (χ3v) is 3.91. The van der Waals surface area contributed by atoms with Gasteiger partial charge in [-0.2, -0.15) is 0 Å². The number of hydrogen-bond donors (Lipinski definition) is 2. The summed E-state index contributed by atoms with van der Waals surface area (Å²) in [7, 11) is 0. The Morgan fingerprint density at radius 3 is 2.44 bits per heavy atom. The van der Waals surface area contributed by atoms with E-state index in [9.17, 15) is 5.11 Å². The van der Waals surface area contributed by atoms with E-state index in [-0.39, 0.29) is 11.8 Å². The molecule has 0 aromatic heterocycles. The number of anilines is 1. The molecule has 0 fully saturated rings. The summed E-state index contributed by atoms with van der Waals surface area (Å²) in [6.07, 6.45) is 0. The Bertz CT molecular complexity index is 542. The van der Waals surface area contributed by atoms with Gasteiger partial charge in [0.2, 0.25) is 0 Å². The van der Waals surface area contributed by atoms with Crippen molar-refractivity contribution in [3.8, 4) is 5.75 Å². The molecule has 2 aromatic carbocycles. The Kier molecular flexibility index (Phi) is 4.15. The molecule has 2 nitrogen and oxygen atoms in total. The van der Waals surface area contributed by atoms with Crippen LogP contribution in [0.25, 0.3) is 0 Å². The zero-order valence-electron chi connectivity index (χ0n) is 9.82. The highest BCUT2D eigenvalue weighted by molar-refractivity contribution is 9.10. The van der Waals surface area contributed by atoms with Crippen LogP contribution in [0.2, 0.25) is 5.02 Å². The molecule has 2 N–H and O–H groups in total. The monoisotopic (exact) mass is 325 g/mol. The molecule has 0 amide bonds. The molecule has 18 heavy (non-hydrogen) atoms. The zero-order valence-corrected chi connectivity index (χ0v) is 12.2. The fourth-order valence-corrected chi connectivity index (χ4v) is 2.18. The Balaban J connectivity index is 2.13. The predicted molar refractivity (Wildman–Crippen MR) is 79.3 cm³/mol. The van der Waals surface area contributed by atoms with E-state index in [2.05, 4.69) is 28.2 Å². The first kappa shape index (κ1) is 13.2. The lowest BCUT2D eigenvalue weighted by atomic mass is 10.1. The fourth-order valence-electron chi connectivity index (χ4n) is 1.68. The summed E-state index contributed by atoms with van der Waals surface area (Å²) < 4.78 is 0.868. The summed E-state index contributed by atoms with van der Waals surface area (Å²) in [6, 6.07) is 13.0. The van der Waals surface area contributed by atoms with E-state index in [4.69, 9.17) is 11.6 Å². The smallest absolute Gasteiger partial charge is 0.115 e. The number of hydrogen-bond acceptors (Lipinski definition) is 2. The summed E-state index contributed by atoms with van der Waals surface area (Å²) in [5, 5.41) is 13.3. The normalized spacial score (nSPS) is 12.2. The lowest BCUT2D eigenvalue weighted by molar-refractivity contribution is 0.475. The Morgan fingerprint density at radius 2 is 1.83 bits per heavy atom. The minimum Gasteiger partial charge on any atom is -0.508 e. The van der Waals surface area contributed by atoms with E-state index in [1.165, 1.54) is 0 Å². The van der Waals surface area contributed by atoms with Crippen molar-refractivity contribution in [1.82, 2.24) is 0 Å². The summed E-state index contributed by atoms with van der Waals surface area (Å²) in [6.45, 7) is 2.06. The molecule has 1 atom stereocenters. The first-order chi connectivity index (χ1) is 8.56. The number of aromatic hydroxyl groups is 1. The van der Waals surface area contributed by atoms with Crippen molar-refractivity contribution in [2.45, 2.75) is 13.0 Å². The van der Waals surface area contributed by atoms with Crippen LogP contribution in [0.15, 0.2) is 46.9 Å². The molecular formula is C14H13BrClNO. The molecule has 0 spiro atoms. The van der Waals surface area contributed by atoms with Crippen LogP contribution in [0.3, 0.4) is 0 Å². The zero-order chi connectivity index (χ0) is 13.1.